The Morgan fingerprint density at radius 3 is 2.57 bits per heavy atom. The minimum absolute atomic E-state index is 1.57. The molecule has 0 bridgehead atoms. The summed E-state index contributed by atoms with van der Waals surface area (Å²) in [5, 5.41) is 16.3. The Hall–Kier alpha value is -0.610. The van der Waals surface area contributed by atoms with Gasteiger partial charge in [-0.15, -0.1) is 0 Å². The molecule has 0 fully saturated rings. The van der Waals surface area contributed by atoms with E-state index in [-0.39, 0.29) is 0 Å². The second-order valence-corrected chi connectivity index (χ2v) is 0.945. The molecule has 0 aromatic heterocycles. The molecule has 0 aliphatic carbocycles. The zero-order chi connectivity index (χ0) is 7.65. The lowest BCUT2D eigenvalue weighted by molar-refractivity contribution is -0.139. The summed E-state index contributed by atoms with van der Waals surface area (Å²) in [4.78, 5) is 9.82. The zero-order valence-electron chi connectivity index (χ0n) is 5.46. The van der Waals surface area contributed by atoms with Crippen molar-refractivity contribution in [2.24, 2.45) is 5.73 Å². The molecule has 4 nitrogen and oxygen atoms in total. The van der Waals surface area contributed by atoms with Gasteiger partial charge in [-0.05, 0) is 0 Å². The Kier molecular flexibility index (Phi) is 1.24. The number of aliphatic carboxylic acids is 1. The Bertz CT molecular complexity index is 121. The molecule has 0 heterocycles. The molecule has 0 saturated carbocycles. The van der Waals surface area contributed by atoms with E-state index in [1.54, 1.807) is 0 Å². The van der Waals surface area contributed by atoms with E-state index >= 15 is 0 Å². The lowest BCUT2D eigenvalue weighted by Gasteiger charge is -1.96. The van der Waals surface area contributed by atoms with Gasteiger partial charge >= 0.3 is 5.97 Å². The fourth-order valence-electron chi connectivity index (χ4n) is 0.0552. The third kappa shape index (κ3) is 2.13. The fraction of sp³-hybridized carbons (Fsp3) is 0.667. The Balaban J connectivity index is 4.04. The van der Waals surface area contributed by atoms with Gasteiger partial charge in [0.25, 0.3) is 0 Å². The number of nitrogens with two attached hydrogens (primary N) is 1. The number of carboxylic acids is 1. The summed E-state index contributed by atoms with van der Waals surface area (Å²) in [7, 11) is 0. The fourth-order valence-corrected chi connectivity index (χ4v) is 0.0552. The highest BCUT2D eigenvalue weighted by Crippen LogP contribution is 1.71. The van der Waals surface area contributed by atoms with Gasteiger partial charge in [-0.3, -0.25) is 4.79 Å². The summed E-state index contributed by atoms with van der Waals surface area (Å²) in [5.41, 5.74) is 4.67. The van der Waals surface area contributed by atoms with Crippen LogP contribution in [0.2, 0.25) is 0 Å². The number of aliphatic hydroxyl groups is 1. The predicted molar refractivity (Wildman–Crippen MR) is 22.7 cm³/mol. The summed E-state index contributed by atoms with van der Waals surface area (Å²) in [6.07, 6.45) is 0. The lowest BCUT2D eigenvalue weighted by Crippen LogP contribution is -2.33. The van der Waals surface area contributed by atoms with Crippen LogP contribution in [0, 0.1) is 0 Å². The molecule has 0 aliphatic heterocycles. The molecular formula is C3H7NO3. The highest BCUT2D eigenvalue weighted by Gasteiger charge is 2.06. The van der Waals surface area contributed by atoms with Crippen molar-refractivity contribution in [3.63, 3.8) is 0 Å². The average Bonchev–Trinajstić information content (AvgIpc) is 1.62. The molecular weight excluding hydrogens is 98.0 g/mol. The highest BCUT2D eigenvalue weighted by molar-refractivity contribution is 5.73. The number of carboxylic acid groups (broad SMARTS) is 1. The van der Waals surface area contributed by atoms with E-state index in [4.69, 9.17) is 13.0 Å². The average molecular weight is 107 g/mol. The van der Waals surface area contributed by atoms with Crippen LogP contribution in [0.15, 0.2) is 0 Å². The van der Waals surface area contributed by atoms with Crippen molar-refractivity contribution in [2.75, 3.05) is 6.56 Å². The summed E-state index contributed by atoms with van der Waals surface area (Å²) in [5.74, 6) is -1.57. The molecule has 0 aliphatic rings. The monoisotopic (exact) mass is 107 g/mol. The van der Waals surface area contributed by atoms with Gasteiger partial charge in [0, 0.05) is 0 Å². The van der Waals surface area contributed by atoms with Crippen LogP contribution in [0.25, 0.3) is 0 Å². The Labute approximate surface area is 43.4 Å². The first-order valence-electron chi connectivity index (χ1n) is 2.56. The van der Waals surface area contributed by atoms with Gasteiger partial charge in [0.2, 0.25) is 0 Å². The molecule has 1 atom stereocenters. The molecule has 0 amide bonds. The van der Waals surface area contributed by atoms with Crippen LogP contribution in [0.5, 0.6) is 0 Å². The van der Waals surface area contributed by atoms with Crippen molar-refractivity contribution in [1.82, 2.24) is 0 Å². The van der Waals surface area contributed by atoms with Crippen LogP contribution in [-0.4, -0.2) is 28.8 Å². The molecule has 4 heteroatoms. The van der Waals surface area contributed by atoms with Crippen molar-refractivity contribution < 1.29 is 17.7 Å². The van der Waals surface area contributed by atoms with Gasteiger partial charge < -0.3 is 15.9 Å². The van der Waals surface area contributed by atoms with Crippen molar-refractivity contribution in [1.29, 1.82) is 0 Å². The molecule has 0 aromatic rings. The number of hydrogen-bond acceptors (Lipinski definition) is 3. The SMILES string of the molecule is [2H]C([2H])(O)[C@H](N)C(=O)O. The second-order valence-electron chi connectivity index (χ2n) is 0.945. The van der Waals surface area contributed by atoms with Crippen LogP contribution in [-0.2, 0) is 4.79 Å². The van der Waals surface area contributed by atoms with Crippen molar-refractivity contribution in [2.45, 2.75) is 6.04 Å². The van der Waals surface area contributed by atoms with Gasteiger partial charge in [0.15, 0.2) is 0 Å². The molecule has 42 valence electrons. The molecule has 0 radical (unpaired) electrons. The summed E-state index contributed by atoms with van der Waals surface area (Å²) in [6.45, 7) is -2.84. The molecule has 7 heavy (non-hydrogen) atoms. The molecule has 0 unspecified atom stereocenters. The summed E-state index contributed by atoms with van der Waals surface area (Å²) < 4.78 is 12.8. The smallest absolute Gasteiger partial charge is 0.322 e. The molecule has 0 spiro atoms. The van der Waals surface area contributed by atoms with Crippen molar-refractivity contribution >= 4 is 5.97 Å². The second kappa shape index (κ2) is 2.54. The van der Waals surface area contributed by atoms with Gasteiger partial charge in [0.1, 0.15) is 6.04 Å². The van der Waals surface area contributed by atoms with Gasteiger partial charge in [-0.2, -0.15) is 0 Å². The zero-order valence-corrected chi connectivity index (χ0v) is 3.46. The summed E-state index contributed by atoms with van der Waals surface area (Å²) >= 11 is 0. The minimum atomic E-state index is -2.84. The number of hydrogen-bond donors (Lipinski definition) is 3. The maximum Gasteiger partial charge on any atom is 0.322 e. The largest absolute Gasteiger partial charge is 0.480 e. The van der Waals surface area contributed by atoms with E-state index in [9.17, 15) is 4.79 Å². The van der Waals surface area contributed by atoms with E-state index in [1.807, 2.05) is 0 Å². The first-order valence-corrected chi connectivity index (χ1v) is 1.56. The van der Waals surface area contributed by atoms with E-state index in [0.717, 1.165) is 0 Å². The van der Waals surface area contributed by atoms with Crippen molar-refractivity contribution in [3.8, 4) is 0 Å². The van der Waals surface area contributed by atoms with Gasteiger partial charge in [-0.25, -0.2) is 0 Å². The third-order valence-corrected chi connectivity index (χ3v) is 0.405. The maximum absolute atomic E-state index is 9.82. The quantitative estimate of drug-likeness (QED) is 0.396. The predicted octanol–water partition coefficient (Wildman–Crippen LogP) is -1.61. The van der Waals surface area contributed by atoms with Crippen LogP contribution in [0.3, 0.4) is 0 Å². The Morgan fingerprint density at radius 2 is 2.57 bits per heavy atom. The van der Waals surface area contributed by atoms with E-state index in [1.165, 1.54) is 0 Å². The van der Waals surface area contributed by atoms with Gasteiger partial charge in [-0.1, -0.05) is 0 Å². The Morgan fingerprint density at radius 1 is 2.14 bits per heavy atom. The highest BCUT2D eigenvalue weighted by atomic mass is 16.4. The first kappa shape index (κ1) is 3.40. The molecule has 0 aromatic carbocycles. The van der Waals surface area contributed by atoms with Crippen molar-refractivity contribution in [3.05, 3.63) is 0 Å². The maximum atomic E-state index is 9.82. The van der Waals surface area contributed by atoms with E-state index in [0.29, 0.717) is 0 Å². The van der Waals surface area contributed by atoms with Gasteiger partial charge in [0.05, 0.1) is 9.30 Å². The normalized spacial score (nSPS) is 19.7. The minimum Gasteiger partial charge on any atom is -0.480 e. The number of rotatable bonds is 2. The molecule has 4 N–H and O–H groups in total. The molecule has 0 rings (SSSR count). The third-order valence-electron chi connectivity index (χ3n) is 0.405. The standard InChI is InChI=1S/C3H7NO3/c4-2(1-5)3(6)7/h2,5H,1,4H2,(H,6,7)/t2-/m0/s1/i1D2. The first-order chi connectivity index (χ1) is 3.85. The topological polar surface area (TPSA) is 83.5 Å². The van der Waals surface area contributed by atoms with Crippen LogP contribution < -0.4 is 5.73 Å². The lowest BCUT2D eigenvalue weighted by atomic mass is 10.3. The summed E-state index contributed by atoms with van der Waals surface area (Å²) in [6, 6.07) is -1.88. The molecule has 0 saturated heterocycles. The van der Waals surface area contributed by atoms with Crippen LogP contribution in [0.4, 0.5) is 0 Å². The van der Waals surface area contributed by atoms with Crippen LogP contribution >= 0.6 is 0 Å². The van der Waals surface area contributed by atoms with E-state index < -0.39 is 18.6 Å². The van der Waals surface area contributed by atoms with Crippen LogP contribution in [0.1, 0.15) is 2.74 Å². The number of carbonyl (C=O) groups is 1. The van der Waals surface area contributed by atoms with E-state index in [2.05, 4.69) is 5.73 Å².